The third-order valence-corrected chi connectivity index (χ3v) is 7.10. The third-order valence-electron chi connectivity index (χ3n) is 3.41. The van der Waals surface area contributed by atoms with Gasteiger partial charge >= 0.3 is 12.4 Å². The van der Waals surface area contributed by atoms with Gasteiger partial charge in [0.25, 0.3) is 0 Å². The lowest BCUT2D eigenvalue weighted by Crippen LogP contribution is -2.19. The summed E-state index contributed by atoms with van der Waals surface area (Å²) in [6.07, 6.45) is -9.70. The van der Waals surface area contributed by atoms with Crippen LogP contribution in [0.3, 0.4) is 0 Å². The Kier molecular flexibility index (Phi) is 7.58. The first-order chi connectivity index (χ1) is 13.6. The molecule has 0 N–H and O–H groups in total. The second kappa shape index (κ2) is 9.09. The van der Waals surface area contributed by atoms with E-state index in [1.807, 2.05) is 0 Å². The molecule has 0 saturated heterocycles. The topological polar surface area (TPSA) is 34.1 Å². The molecule has 14 heteroatoms. The standard InChI is InChI=1S/C16H8Cl2F8O2S2/c17-9-3-11(19)7(1-13(9)29(27)5-15(21,22)23)8-2-14(10(18)4-12(8)20)30(28)6-16(24,25)26/h1-4H,5-6H2/t29-,30-/m1/s1. The highest BCUT2D eigenvalue weighted by molar-refractivity contribution is 7.85. The van der Waals surface area contributed by atoms with Crippen molar-refractivity contribution in [2.75, 3.05) is 11.5 Å². The van der Waals surface area contributed by atoms with E-state index in [9.17, 15) is 43.5 Å². The maximum Gasteiger partial charge on any atom is 0.400 e. The highest BCUT2D eigenvalue weighted by Crippen LogP contribution is 2.36. The van der Waals surface area contributed by atoms with E-state index in [1.54, 1.807) is 0 Å². The van der Waals surface area contributed by atoms with Crippen LogP contribution in [-0.4, -0.2) is 32.3 Å². The minimum Gasteiger partial charge on any atom is -0.254 e. The number of hydrogen-bond acceptors (Lipinski definition) is 2. The van der Waals surface area contributed by atoms with E-state index in [1.165, 1.54) is 0 Å². The molecule has 0 bridgehead atoms. The molecular formula is C16H8Cl2F8O2S2. The van der Waals surface area contributed by atoms with Gasteiger partial charge in [-0.3, -0.25) is 8.42 Å². The van der Waals surface area contributed by atoms with Crippen molar-refractivity contribution < 1.29 is 43.5 Å². The Hall–Kier alpha value is -1.24. The number of rotatable bonds is 5. The zero-order chi connectivity index (χ0) is 23.0. The van der Waals surface area contributed by atoms with Crippen LogP contribution in [0, 0.1) is 11.6 Å². The number of alkyl halides is 6. The van der Waals surface area contributed by atoms with Gasteiger partial charge in [-0.15, -0.1) is 0 Å². The lowest BCUT2D eigenvalue weighted by atomic mass is 10.0. The summed E-state index contributed by atoms with van der Waals surface area (Å²) >= 11 is 11.3. The molecule has 0 aliphatic carbocycles. The first kappa shape index (κ1) is 25.0. The van der Waals surface area contributed by atoms with Gasteiger partial charge in [-0.1, -0.05) is 23.2 Å². The predicted molar refractivity (Wildman–Crippen MR) is 96.5 cm³/mol. The van der Waals surface area contributed by atoms with Gasteiger partial charge in [-0.2, -0.15) is 26.3 Å². The molecular weight excluding hydrogens is 511 g/mol. The van der Waals surface area contributed by atoms with Crippen LogP contribution in [-0.2, 0) is 21.6 Å². The summed E-state index contributed by atoms with van der Waals surface area (Å²) in [7, 11) is -5.55. The molecule has 2 aromatic rings. The first-order valence-corrected chi connectivity index (χ1v) is 10.9. The van der Waals surface area contributed by atoms with Crippen LogP contribution < -0.4 is 0 Å². The molecule has 2 aromatic carbocycles. The molecule has 0 spiro atoms. The average molecular weight is 519 g/mol. The summed E-state index contributed by atoms with van der Waals surface area (Å²) in [5.41, 5.74) is -1.49. The summed E-state index contributed by atoms with van der Waals surface area (Å²) < 4.78 is 128. The number of hydrogen-bond donors (Lipinski definition) is 0. The molecule has 0 aliphatic heterocycles. The SMILES string of the molecule is O=[S@](CC(F)(F)F)c1cc(-c2cc([S@](=O)CC(F)(F)F)c(Cl)cc2F)c(F)cc1Cl. The molecule has 166 valence electrons. The van der Waals surface area contributed by atoms with Gasteiger partial charge in [-0.25, -0.2) is 8.78 Å². The first-order valence-electron chi connectivity index (χ1n) is 7.48. The van der Waals surface area contributed by atoms with E-state index >= 15 is 0 Å². The number of halogens is 10. The van der Waals surface area contributed by atoms with Crippen molar-refractivity contribution in [1.29, 1.82) is 0 Å². The van der Waals surface area contributed by atoms with E-state index in [-0.39, 0.29) is 0 Å². The zero-order valence-electron chi connectivity index (χ0n) is 14.1. The summed E-state index contributed by atoms with van der Waals surface area (Å²) in [5, 5.41) is -1.26. The highest BCUT2D eigenvalue weighted by Gasteiger charge is 2.33. The van der Waals surface area contributed by atoms with Crippen molar-refractivity contribution in [2.45, 2.75) is 22.1 Å². The molecule has 2 atom stereocenters. The van der Waals surface area contributed by atoms with E-state index in [4.69, 9.17) is 23.2 Å². The highest BCUT2D eigenvalue weighted by atomic mass is 35.5. The van der Waals surface area contributed by atoms with E-state index in [2.05, 4.69) is 0 Å². The van der Waals surface area contributed by atoms with Crippen LogP contribution in [0.1, 0.15) is 0 Å². The van der Waals surface area contributed by atoms with Crippen molar-refractivity contribution in [3.8, 4) is 11.1 Å². The van der Waals surface area contributed by atoms with Crippen LogP contribution in [0.25, 0.3) is 11.1 Å². The molecule has 0 aliphatic rings. The zero-order valence-corrected chi connectivity index (χ0v) is 17.3. The summed E-state index contributed by atoms with van der Waals surface area (Å²) in [6.45, 7) is 0. The van der Waals surface area contributed by atoms with Crippen LogP contribution in [0.15, 0.2) is 34.1 Å². The molecule has 0 unspecified atom stereocenters. The normalized spacial score (nSPS) is 14.6. The van der Waals surface area contributed by atoms with Gasteiger partial charge in [-0.05, 0) is 24.3 Å². The monoisotopic (exact) mass is 518 g/mol. The van der Waals surface area contributed by atoms with E-state index in [0.29, 0.717) is 24.3 Å². The summed E-state index contributed by atoms with van der Waals surface area (Å²) in [6, 6.07) is 2.15. The van der Waals surface area contributed by atoms with Crippen LogP contribution >= 0.6 is 23.2 Å². The Labute approximate surface area is 179 Å². The van der Waals surface area contributed by atoms with Gasteiger partial charge in [0.2, 0.25) is 0 Å². The van der Waals surface area contributed by atoms with Crippen molar-refractivity contribution in [1.82, 2.24) is 0 Å². The molecule has 0 amide bonds. The third kappa shape index (κ3) is 6.38. The Morgan fingerprint density at radius 3 is 1.23 bits per heavy atom. The van der Waals surface area contributed by atoms with Crippen LogP contribution in [0.2, 0.25) is 10.0 Å². The Balaban J connectivity index is 2.61. The van der Waals surface area contributed by atoms with Gasteiger partial charge in [0.1, 0.15) is 23.1 Å². The largest absolute Gasteiger partial charge is 0.400 e. The summed E-state index contributed by atoms with van der Waals surface area (Å²) in [4.78, 5) is -1.34. The molecule has 0 saturated carbocycles. The summed E-state index contributed by atoms with van der Waals surface area (Å²) in [5.74, 6) is -6.16. The maximum absolute atomic E-state index is 14.3. The second-order valence-corrected chi connectivity index (χ2v) is 9.39. The second-order valence-electron chi connectivity index (χ2n) is 5.74. The molecule has 0 aromatic heterocycles. The fourth-order valence-electron chi connectivity index (χ4n) is 2.27. The van der Waals surface area contributed by atoms with Crippen molar-refractivity contribution in [3.63, 3.8) is 0 Å². The minimum absolute atomic E-state index is 0.487. The van der Waals surface area contributed by atoms with Crippen molar-refractivity contribution >= 4 is 44.8 Å². The average Bonchev–Trinajstić information content (AvgIpc) is 2.52. The molecule has 0 radical (unpaired) electrons. The number of benzene rings is 2. The van der Waals surface area contributed by atoms with E-state index in [0.717, 1.165) is 0 Å². The van der Waals surface area contributed by atoms with Gasteiger partial charge in [0.15, 0.2) is 0 Å². The van der Waals surface area contributed by atoms with Gasteiger partial charge in [0.05, 0.1) is 41.4 Å². The fourth-order valence-corrected chi connectivity index (χ4v) is 5.05. The molecule has 0 heterocycles. The Bertz CT molecular complexity index is 940. The van der Waals surface area contributed by atoms with Gasteiger partial charge in [0, 0.05) is 11.1 Å². The Morgan fingerprint density at radius 1 is 0.667 bits per heavy atom. The predicted octanol–water partition coefficient (Wildman–Crippen LogP) is 6.28. The molecule has 2 rings (SSSR count). The lowest BCUT2D eigenvalue weighted by molar-refractivity contribution is -0.106. The van der Waals surface area contributed by atoms with Gasteiger partial charge < -0.3 is 0 Å². The Morgan fingerprint density at radius 2 is 0.967 bits per heavy atom. The van der Waals surface area contributed by atoms with Crippen molar-refractivity contribution in [3.05, 3.63) is 45.9 Å². The maximum atomic E-state index is 14.3. The van der Waals surface area contributed by atoms with E-state index < -0.39 is 88.1 Å². The quantitative estimate of drug-likeness (QED) is 0.436. The smallest absolute Gasteiger partial charge is 0.254 e. The fraction of sp³-hybridized carbons (Fsp3) is 0.250. The van der Waals surface area contributed by atoms with Crippen LogP contribution in [0.4, 0.5) is 35.1 Å². The lowest BCUT2D eigenvalue weighted by Gasteiger charge is -2.14. The molecule has 30 heavy (non-hydrogen) atoms. The molecule has 2 nitrogen and oxygen atoms in total. The van der Waals surface area contributed by atoms with Crippen molar-refractivity contribution in [2.24, 2.45) is 0 Å². The minimum atomic E-state index is -4.85. The molecule has 0 fully saturated rings. The van der Waals surface area contributed by atoms with Crippen LogP contribution in [0.5, 0.6) is 0 Å².